The number of carbonyl (C=O) groups is 2. The molecule has 0 bridgehead atoms. The highest BCUT2D eigenvalue weighted by Crippen LogP contribution is 2.17. The Kier molecular flexibility index (Phi) is 6.60. The average Bonchev–Trinajstić information content (AvgIpc) is 2.86. The summed E-state index contributed by atoms with van der Waals surface area (Å²) < 4.78 is 0. The molecular formula is C26H22N6O2. The zero-order valence-corrected chi connectivity index (χ0v) is 18.1. The maximum atomic E-state index is 12.4. The summed E-state index contributed by atoms with van der Waals surface area (Å²) in [6.45, 7) is 0. The van der Waals surface area contributed by atoms with Gasteiger partial charge in [-0.3, -0.25) is 9.59 Å². The van der Waals surface area contributed by atoms with Gasteiger partial charge in [0.2, 0.25) is 0 Å². The molecule has 0 aliphatic carbocycles. The van der Waals surface area contributed by atoms with Crippen molar-refractivity contribution in [3.63, 3.8) is 0 Å². The lowest BCUT2D eigenvalue weighted by molar-refractivity contribution is 0.101. The van der Waals surface area contributed by atoms with Gasteiger partial charge in [0.05, 0.1) is 11.4 Å². The Morgan fingerprint density at radius 2 is 1.00 bits per heavy atom. The first kappa shape index (κ1) is 22.2. The average molecular weight is 451 g/mol. The first-order valence-electron chi connectivity index (χ1n) is 10.4. The largest absolute Gasteiger partial charge is 0.396 e. The molecule has 4 aromatic rings. The number of nitrogens with zero attached hydrogens (tertiary/aromatic N) is 2. The van der Waals surface area contributed by atoms with E-state index in [1.807, 2.05) is 36.4 Å². The minimum absolute atomic E-state index is 0.290. The van der Waals surface area contributed by atoms with Crippen LogP contribution in [0.2, 0.25) is 0 Å². The molecule has 34 heavy (non-hydrogen) atoms. The van der Waals surface area contributed by atoms with E-state index in [1.165, 1.54) is 0 Å². The Morgan fingerprint density at radius 3 is 1.35 bits per heavy atom. The Bertz CT molecular complexity index is 1240. The molecule has 6 N–H and O–H groups in total. The minimum atomic E-state index is -0.290. The van der Waals surface area contributed by atoms with Gasteiger partial charge >= 0.3 is 0 Å². The van der Waals surface area contributed by atoms with E-state index in [4.69, 9.17) is 11.5 Å². The third kappa shape index (κ3) is 5.43. The summed E-state index contributed by atoms with van der Waals surface area (Å²) in [4.78, 5) is 32.9. The maximum absolute atomic E-state index is 12.4. The summed E-state index contributed by atoms with van der Waals surface area (Å²) in [5, 5.41) is 5.40. The summed E-state index contributed by atoms with van der Waals surface area (Å²) >= 11 is 0. The second-order valence-electron chi connectivity index (χ2n) is 7.37. The monoisotopic (exact) mass is 450 g/mol. The smallest absolute Gasteiger partial charge is 0.256 e. The molecule has 0 unspecified atom stereocenters. The van der Waals surface area contributed by atoms with Crippen LogP contribution in [0.25, 0.3) is 12.2 Å². The van der Waals surface area contributed by atoms with Crippen LogP contribution in [0.5, 0.6) is 0 Å². The summed E-state index contributed by atoms with van der Waals surface area (Å²) in [7, 11) is 0. The predicted octanol–water partition coefficient (Wildman–Crippen LogP) is 4.32. The number of nitrogen functional groups attached to an aromatic ring is 2. The van der Waals surface area contributed by atoms with Crippen LogP contribution in [-0.2, 0) is 0 Å². The maximum Gasteiger partial charge on any atom is 0.256 e. The van der Waals surface area contributed by atoms with Gasteiger partial charge in [-0.15, -0.1) is 0 Å². The second kappa shape index (κ2) is 10.1. The van der Waals surface area contributed by atoms with E-state index in [0.717, 1.165) is 11.1 Å². The second-order valence-corrected chi connectivity index (χ2v) is 7.37. The molecule has 0 aliphatic rings. The topological polar surface area (TPSA) is 136 Å². The van der Waals surface area contributed by atoms with E-state index in [0.29, 0.717) is 34.1 Å². The first-order chi connectivity index (χ1) is 16.5. The number of nitrogens with one attached hydrogen (secondary N) is 2. The predicted molar refractivity (Wildman–Crippen MR) is 135 cm³/mol. The molecule has 0 aliphatic heterocycles. The number of nitrogens with two attached hydrogens (primary N) is 2. The number of aromatic nitrogens is 2. The van der Waals surface area contributed by atoms with Gasteiger partial charge in [-0.2, -0.15) is 0 Å². The van der Waals surface area contributed by atoms with Gasteiger partial charge in [0.1, 0.15) is 0 Å². The minimum Gasteiger partial charge on any atom is -0.396 e. The lowest BCUT2D eigenvalue weighted by atomic mass is 10.1. The van der Waals surface area contributed by atoms with E-state index in [9.17, 15) is 9.59 Å². The van der Waals surface area contributed by atoms with Gasteiger partial charge < -0.3 is 22.1 Å². The lowest BCUT2D eigenvalue weighted by Crippen LogP contribution is -2.14. The fourth-order valence-electron chi connectivity index (χ4n) is 3.09. The van der Waals surface area contributed by atoms with Crippen LogP contribution >= 0.6 is 0 Å². The molecule has 2 aromatic heterocycles. The van der Waals surface area contributed by atoms with Gasteiger partial charge in [0.25, 0.3) is 11.8 Å². The molecule has 8 nitrogen and oxygen atoms in total. The lowest BCUT2D eigenvalue weighted by Gasteiger charge is -2.07. The number of anilines is 4. The number of rotatable bonds is 6. The Morgan fingerprint density at radius 1 is 0.618 bits per heavy atom. The number of hydrogen-bond donors (Lipinski definition) is 4. The quantitative estimate of drug-likeness (QED) is 0.323. The van der Waals surface area contributed by atoms with Crippen molar-refractivity contribution in [2.24, 2.45) is 0 Å². The normalized spacial score (nSPS) is 10.7. The zero-order chi connectivity index (χ0) is 23.9. The molecule has 2 aromatic carbocycles. The van der Waals surface area contributed by atoms with Gasteiger partial charge in [-0.25, -0.2) is 9.97 Å². The molecule has 2 heterocycles. The fraction of sp³-hybridized carbons (Fsp3) is 0. The Hall–Kier alpha value is -4.98. The van der Waals surface area contributed by atoms with E-state index in [2.05, 4.69) is 20.6 Å². The summed E-state index contributed by atoms with van der Waals surface area (Å²) in [6, 6.07) is 21.0. The van der Waals surface area contributed by atoms with Gasteiger partial charge in [0, 0.05) is 23.5 Å². The van der Waals surface area contributed by atoms with E-state index in [1.54, 1.807) is 60.9 Å². The molecule has 0 saturated carbocycles. The van der Waals surface area contributed by atoms with E-state index in [-0.39, 0.29) is 11.8 Å². The molecule has 0 fully saturated rings. The molecule has 0 spiro atoms. The van der Waals surface area contributed by atoms with Crippen LogP contribution in [0.15, 0.2) is 85.2 Å². The first-order valence-corrected chi connectivity index (χ1v) is 10.4. The summed E-state index contributed by atoms with van der Waals surface area (Å²) in [6.07, 6.45) is 6.97. The molecule has 0 saturated heterocycles. The van der Waals surface area contributed by atoms with Crippen LogP contribution < -0.4 is 22.1 Å². The van der Waals surface area contributed by atoms with Crippen LogP contribution in [0.3, 0.4) is 0 Å². The van der Waals surface area contributed by atoms with Crippen molar-refractivity contribution in [2.75, 3.05) is 22.1 Å². The standard InChI is InChI=1S/C26H22N6O2/c27-21-3-1-15-29-23(21)31-25(33)19-11-7-17(8-12-19)5-6-18-9-13-20(14-10-18)26(34)32-24-22(28)4-2-16-30-24/h1-16H,27-28H2,(H,29,31,33)(H,30,32,34)/b6-5+. The van der Waals surface area contributed by atoms with Crippen LogP contribution in [-0.4, -0.2) is 21.8 Å². The molecule has 0 radical (unpaired) electrons. The van der Waals surface area contributed by atoms with Crippen molar-refractivity contribution >= 4 is 47.0 Å². The Labute approximate surface area is 196 Å². The number of pyridine rings is 2. The third-order valence-corrected chi connectivity index (χ3v) is 4.96. The van der Waals surface area contributed by atoms with Crippen LogP contribution in [0.4, 0.5) is 23.0 Å². The highest BCUT2D eigenvalue weighted by atomic mass is 16.2. The third-order valence-electron chi connectivity index (χ3n) is 4.96. The molecule has 8 heteroatoms. The van der Waals surface area contributed by atoms with Crippen molar-refractivity contribution in [1.29, 1.82) is 0 Å². The molecule has 168 valence electrons. The highest BCUT2D eigenvalue weighted by Gasteiger charge is 2.09. The van der Waals surface area contributed by atoms with Crippen molar-refractivity contribution in [1.82, 2.24) is 9.97 Å². The van der Waals surface area contributed by atoms with Crippen molar-refractivity contribution < 1.29 is 9.59 Å². The van der Waals surface area contributed by atoms with Gasteiger partial charge in [-0.05, 0) is 59.7 Å². The van der Waals surface area contributed by atoms with Crippen molar-refractivity contribution in [3.8, 4) is 0 Å². The number of hydrogen-bond acceptors (Lipinski definition) is 6. The van der Waals surface area contributed by atoms with Crippen LogP contribution in [0, 0.1) is 0 Å². The fourth-order valence-corrected chi connectivity index (χ4v) is 3.09. The summed E-state index contributed by atoms with van der Waals surface area (Å²) in [5.41, 5.74) is 15.3. The van der Waals surface area contributed by atoms with E-state index < -0.39 is 0 Å². The zero-order valence-electron chi connectivity index (χ0n) is 18.1. The molecule has 0 atom stereocenters. The number of carbonyl (C=O) groups excluding carboxylic acids is 2. The van der Waals surface area contributed by atoms with Gasteiger partial charge in [-0.1, -0.05) is 36.4 Å². The molecule has 2 amide bonds. The highest BCUT2D eigenvalue weighted by molar-refractivity contribution is 6.05. The van der Waals surface area contributed by atoms with E-state index >= 15 is 0 Å². The number of amides is 2. The number of benzene rings is 2. The molecule has 4 rings (SSSR count). The Balaban J connectivity index is 1.37. The van der Waals surface area contributed by atoms with Gasteiger partial charge in [0.15, 0.2) is 11.6 Å². The van der Waals surface area contributed by atoms with Crippen LogP contribution in [0.1, 0.15) is 31.8 Å². The van der Waals surface area contributed by atoms with Crippen molar-refractivity contribution in [3.05, 3.63) is 107 Å². The summed E-state index contributed by atoms with van der Waals surface area (Å²) in [5.74, 6) is 0.0821. The molecular weight excluding hydrogens is 428 g/mol. The SMILES string of the molecule is Nc1cccnc1NC(=O)c1ccc(/C=C/c2ccc(C(=O)Nc3ncccc3N)cc2)cc1. The van der Waals surface area contributed by atoms with Crippen molar-refractivity contribution in [2.45, 2.75) is 0 Å².